The van der Waals surface area contributed by atoms with Gasteiger partial charge in [0.25, 0.3) is 0 Å². The van der Waals surface area contributed by atoms with Crippen molar-refractivity contribution in [1.29, 1.82) is 0 Å². The summed E-state index contributed by atoms with van der Waals surface area (Å²) in [6, 6.07) is 5.76. The van der Waals surface area contributed by atoms with Gasteiger partial charge in [0.2, 0.25) is 0 Å². The maximum Gasteiger partial charge on any atom is 0.0702 e. The van der Waals surface area contributed by atoms with Crippen molar-refractivity contribution >= 4 is 17.3 Å². The number of nitrogens with zero attached hydrogens (tertiary/aromatic N) is 1. The minimum atomic E-state index is 0.0465. The molecule has 0 heterocycles. The molecule has 1 aromatic carbocycles. The average Bonchev–Trinajstić information content (AvgIpc) is 2.39. The maximum atomic E-state index is 9.41. The summed E-state index contributed by atoms with van der Waals surface area (Å²) in [4.78, 5) is 2.26. The van der Waals surface area contributed by atoms with Gasteiger partial charge in [0, 0.05) is 29.9 Å². The van der Waals surface area contributed by atoms with Gasteiger partial charge in [0.15, 0.2) is 0 Å². The van der Waals surface area contributed by atoms with Crippen LogP contribution in [-0.2, 0) is 6.61 Å². The molecular formula is C15H22ClNO. The van der Waals surface area contributed by atoms with Crippen LogP contribution in [0.2, 0.25) is 5.02 Å². The molecule has 1 N–H and O–H groups in total. The van der Waals surface area contributed by atoms with Crippen LogP contribution in [0.25, 0.3) is 0 Å². The number of rotatable bonds is 4. The lowest BCUT2D eigenvalue weighted by Crippen LogP contribution is -2.27. The molecule has 1 aliphatic rings. The smallest absolute Gasteiger partial charge is 0.0702 e. The van der Waals surface area contributed by atoms with Gasteiger partial charge in [0.1, 0.15) is 0 Å². The van der Waals surface area contributed by atoms with E-state index in [9.17, 15) is 5.11 Å². The van der Waals surface area contributed by atoms with E-state index >= 15 is 0 Å². The molecule has 1 aromatic rings. The number of halogens is 1. The first-order valence-electron chi connectivity index (χ1n) is 6.81. The van der Waals surface area contributed by atoms with Gasteiger partial charge in [-0.1, -0.05) is 30.9 Å². The van der Waals surface area contributed by atoms with E-state index in [0.717, 1.165) is 23.7 Å². The fourth-order valence-corrected chi connectivity index (χ4v) is 3.10. The van der Waals surface area contributed by atoms with Crippen molar-refractivity contribution < 1.29 is 5.11 Å². The van der Waals surface area contributed by atoms with Crippen LogP contribution in [0.3, 0.4) is 0 Å². The van der Waals surface area contributed by atoms with Crippen LogP contribution in [-0.4, -0.2) is 18.7 Å². The summed E-state index contributed by atoms with van der Waals surface area (Å²) in [6.07, 6.45) is 6.81. The molecule has 0 amide bonds. The Balaban J connectivity index is 2.05. The van der Waals surface area contributed by atoms with Crippen molar-refractivity contribution in [3.05, 3.63) is 28.8 Å². The third-order valence-electron chi connectivity index (χ3n) is 3.88. The van der Waals surface area contributed by atoms with Crippen LogP contribution in [0.15, 0.2) is 18.2 Å². The van der Waals surface area contributed by atoms with Gasteiger partial charge in [-0.05, 0) is 37.0 Å². The summed E-state index contributed by atoms with van der Waals surface area (Å²) < 4.78 is 0. The maximum absolute atomic E-state index is 9.41. The number of benzene rings is 1. The van der Waals surface area contributed by atoms with Crippen LogP contribution >= 0.6 is 11.6 Å². The highest BCUT2D eigenvalue weighted by atomic mass is 35.5. The summed E-state index contributed by atoms with van der Waals surface area (Å²) in [7, 11) is 2.11. The van der Waals surface area contributed by atoms with Gasteiger partial charge >= 0.3 is 0 Å². The Morgan fingerprint density at radius 2 is 2.00 bits per heavy atom. The predicted molar refractivity (Wildman–Crippen MR) is 77.2 cm³/mol. The first kappa shape index (κ1) is 13.7. The average molecular weight is 268 g/mol. The third-order valence-corrected chi connectivity index (χ3v) is 4.12. The van der Waals surface area contributed by atoms with Gasteiger partial charge in [-0.25, -0.2) is 0 Å². The third kappa shape index (κ3) is 3.39. The molecule has 0 saturated heterocycles. The Labute approximate surface area is 115 Å². The Bertz CT molecular complexity index is 388. The Morgan fingerprint density at radius 3 is 2.67 bits per heavy atom. The van der Waals surface area contributed by atoms with Gasteiger partial charge in [0.05, 0.1) is 6.61 Å². The number of anilines is 1. The monoisotopic (exact) mass is 267 g/mol. The van der Waals surface area contributed by atoms with Gasteiger partial charge < -0.3 is 10.0 Å². The molecule has 0 spiro atoms. The molecule has 2 rings (SSSR count). The lowest BCUT2D eigenvalue weighted by Gasteiger charge is -2.29. The van der Waals surface area contributed by atoms with Crippen LogP contribution in [0.4, 0.5) is 5.69 Å². The van der Waals surface area contributed by atoms with Crippen LogP contribution < -0.4 is 4.90 Å². The number of hydrogen-bond donors (Lipinski definition) is 1. The summed E-state index contributed by atoms with van der Waals surface area (Å²) in [5, 5.41) is 10.1. The highest BCUT2D eigenvalue weighted by Gasteiger charge is 2.17. The van der Waals surface area contributed by atoms with Crippen molar-refractivity contribution in [1.82, 2.24) is 0 Å². The molecule has 18 heavy (non-hydrogen) atoms. The second-order valence-electron chi connectivity index (χ2n) is 5.32. The first-order valence-corrected chi connectivity index (χ1v) is 7.19. The molecule has 100 valence electrons. The van der Waals surface area contributed by atoms with Crippen molar-refractivity contribution in [2.45, 2.75) is 38.7 Å². The van der Waals surface area contributed by atoms with Crippen molar-refractivity contribution in [2.75, 3.05) is 18.5 Å². The largest absolute Gasteiger partial charge is 0.392 e. The van der Waals surface area contributed by atoms with Crippen molar-refractivity contribution in [3.8, 4) is 0 Å². The second kappa shape index (κ2) is 6.44. The number of aliphatic hydroxyl groups is 1. The molecule has 3 heteroatoms. The summed E-state index contributed by atoms with van der Waals surface area (Å²) >= 11 is 5.96. The molecule has 0 bridgehead atoms. The molecule has 0 radical (unpaired) electrons. The highest BCUT2D eigenvalue weighted by molar-refractivity contribution is 6.30. The number of hydrogen-bond acceptors (Lipinski definition) is 2. The SMILES string of the molecule is CN(CC1CCCCC1)c1ccc(Cl)cc1CO. The van der Waals surface area contributed by atoms with Gasteiger partial charge in [-0.3, -0.25) is 0 Å². The highest BCUT2D eigenvalue weighted by Crippen LogP contribution is 2.28. The standard InChI is InChI=1S/C15H22ClNO/c1-17(10-12-5-3-2-4-6-12)15-8-7-14(16)9-13(15)11-18/h7-9,12,18H,2-6,10-11H2,1H3. The zero-order valence-corrected chi connectivity index (χ0v) is 11.8. The molecule has 0 aromatic heterocycles. The van der Waals surface area contributed by atoms with Crippen LogP contribution in [0, 0.1) is 5.92 Å². The summed E-state index contributed by atoms with van der Waals surface area (Å²) in [5.74, 6) is 0.797. The molecule has 1 saturated carbocycles. The zero-order valence-electron chi connectivity index (χ0n) is 11.0. The van der Waals surface area contributed by atoms with Gasteiger partial charge in [-0.15, -0.1) is 0 Å². The lowest BCUT2D eigenvalue weighted by molar-refractivity contribution is 0.281. The van der Waals surface area contributed by atoms with Crippen molar-refractivity contribution in [2.24, 2.45) is 5.92 Å². The molecule has 1 fully saturated rings. The summed E-state index contributed by atoms with van der Waals surface area (Å²) in [6.45, 7) is 1.12. The fraction of sp³-hybridized carbons (Fsp3) is 0.600. The minimum absolute atomic E-state index is 0.0465. The van der Waals surface area contributed by atoms with E-state index in [0.29, 0.717) is 5.02 Å². The quantitative estimate of drug-likeness (QED) is 0.896. The summed E-state index contributed by atoms with van der Waals surface area (Å²) in [5.41, 5.74) is 2.02. The van der Waals surface area contributed by atoms with E-state index in [4.69, 9.17) is 11.6 Å². The Morgan fingerprint density at radius 1 is 1.28 bits per heavy atom. The van der Waals surface area contributed by atoms with Gasteiger partial charge in [-0.2, -0.15) is 0 Å². The van der Waals surface area contributed by atoms with E-state index in [-0.39, 0.29) is 6.61 Å². The molecular weight excluding hydrogens is 246 g/mol. The predicted octanol–water partition coefficient (Wildman–Crippen LogP) is 3.85. The van der Waals surface area contributed by atoms with E-state index in [1.807, 2.05) is 18.2 Å². The van der Waals surface area contributed by atoms with E-state index in [1.54, 1.807) is 0 Å². The second-order valence-corrected chi connectivity index (χ2v) is 5.75. The van der Waals surface area contributed by atoms with Crippen molar-refractivity contribution in [3.63, 3.8) is 0 Å². The topological polar surface area (TPSA) is 23.5 Å². The van der Waals surface area contributed by atoms with E-state index < -0.39 is 0 Å². The Hall–Kier alpha value is -0.730. The van der Waals surface area contributed by atoms with E-state index in [2.05, 4.69) is 11.9 Å². The lowest BCUT2D eigenvalue weighted by atomic mass is 9.89. The Kier molecular flexibility index (Phi) is 4.90. The molecule has 1 aliphatic carbocycles. The molecule has 2 nitrogen and oxygen atoms in total. The molecule has 0 unspecified atom stereocenters. The first-order chi connectivity index (χ1) is 8.70. The molecule has 0 atom stereocenters. The number of aliphatic hydroxyl groups excluding tert-OH is 1. The van der Waals surface area contributed by atoms with E-state index in [1.165, 1.54) is 32.1 Å². The molecule has 0 aliphatic heterocycles. The fourth-order valence-electron chi connectivity index (χ4n) is 2.91. The normalized spacial score (nSPS) is 16.8. The van der Waals surface area contributed by atoms with Crippen LogP contribution in [0.5, 0.6) is 0 Å². The van der Waals surface area contributed by atoms with Crippen LogP contribution in [0.1, 0.15) is 37.7 Å². The minimum Gasteiger partial charge on any atom is -0.392 e. The zero-order chi connectivity index (χ0) is 13.0.